The summed E-state index contributed by atoms with van der Waals surface area (Å²) in [6.45, 7) is 1.61. The van der Waals surface area contributed by atoms with Crippen molar-refractivity contribution in [2.45, 2.75) is 13.3 Å². The van der Waals surface area contributed by atoms with Crippen molar-refractivity contribution < 1.29 is 24.2 Å². The number of anilines is 1. The quantitative estimate of drug-likeness (QED) is 0.362. The lowest BCUT2D eigenvalue weighted by Gasteiger charge is -2.06. The van der Waals surface area contributed by atoms with E-state index in [0.29, 0.717) is 0 Å². The van der Waals surface area contributed by atoms with Gasteiger partial charge >= 0.3 is 5.97 Å². The molecule has 1 amide bonds. The molecule has 0 aliphatic heterocycles. The summed E-state index contributed by atoms with van der Waals surface area (Å²) in [6.07, 6.45) is -0.697. The van der Waals surface area contributed by atoms with Crippen molar-refractivity contribution in [2.24, 2.45) is 0 Å². The van der Waals surface area contributed by atoms with E-state index >= 15 is 0 Å². The number of hydrogen-bond acceptors (Lipinski definition) is 7. The topological polar surface area (TPSA) is 142 Å². The van der Waals surface area contributed by atoms with Crippen molar-refractivity contribution in [1.82, 2.24) is 0 Å². The molecular formula is C11H11N3O7. The van der Waals surface area contributed by atoms with Gasteiger partial charge in [-0.1, -0.05) is 0 Å². The highest BCUT2D eigenvalue weighted by atomic mass is 16.6. The van der Waals surface area contributed by atoms with Crippen LogP contribution in [0.2, 0.25) is 0 Å². The number of para-hydroxylation sites is 1. The Balaban J connectivity index is 3.05. The van der Waals surface area contributed by atoms with Crippen LogP contribution in [0.3, 0.4) is 0 Å². The molecule has 0 atom stereocenters. The minimum Gasteiger partial charge on any atom is -0.466 e. The molecule has 0 aliphatic carbocycles. The predicted octanol–water partition coefficient (Wildman–Crippen LogP) is 1.39. The maximum Gasteiger partial charge on any atom is 0.315 e. The number of nitrogens with zero attached hydrogens (tertiary/aromatic N) is 2. The first kappa shape index (κ1) is 16.0. The average molecular weight is 297 g/mol. The fourth-order valence-electron chi connectivity index (χ4n) is 1.49. The molecule has 0 fully saturated rings. The molecule has 21 heavy (non-hydrogen) atoms. The van der Waals surface area contributed by atoms with Crippen LogP contribution in [-0.2, 0) is 14.3 Å². The Labute approximate surface area is 118 Å². The lowest BCUT2D eigenvalue weighted by atomic mass is 10.2. The van der Waals surface area contributed by atoms with Crippen molar-refractivity contribution in [3.63, 3.8) is 0 Å². The maximum atomic E-state index is 11.6. The smallest absolute Gasteiger partial charge is 0.315 e. The monoisotopic (exact) mass is 297 g/mol. The SMILES string of the molecule is CCOC(=O)CC(=O)Nc1c([N+](=O)[O-])cccc1[N+](=O)[O-]. The van der Waals surface area contributed by atoms with E-state index in [9.17, 15) is 29.8 Å². The van der Waals surface area contributed by atoms with Crippen molar-refractivity contribution in [3.8, 4) is 0 Å². The highest BCUT2D eigenvalue weighted by Gasteiger charge is 2.26. The largest absolute Gasteiger partial charge is 0.466 e. The van der Waals surface area contributed by atoms with E-state index in [4.69, 9.17) is 0 Å². The van der Waals surface area contributed by atoms with Crippen molar-refractivity contribution in [2.75, 3.05) is 11.9 Å². The van der Waals surface area contributed by atoms with Gasteiger partial charge in [-0.25, -0.2) is 0 Å². The first-order valence-electron chi connectivity index (χ1n) is 5.74. The third-order valence-corrected chi connectivity index (χ3v) is 2.29. The fourth-order valence-corrected chi connectivity index (χ4v) is 1.49. The van der Waals surface area contributed by atoms with Gasteiger partial charge in [-0.05, 0) is 13.0 Å². The number of benzene rings is 1. The van der Waals surface area contributed by atoms with Crippen molar-refractivity contribution in [3.05, 3.63) is 38.4 Å². The molecule has 1 N–H and O–H groups in total. The summed E-state index contributed by atoms with van der Waals surface area (Å²) in [6, 6.07) is 3.14. The zero-order chi connectivity index (χ0) is 16.0. The van der Waals surface area contributed by atoms with Gasteiger partial charge in [-0.2, -0.15) is 0 Å². The van der Waals surface area contributed by atoms with Crippen LogP contribution < -0.4 is 5.32 Å². The van der Waals surface area contributed by atoms with Crippen LogP contribution in [-0.4, -0.2) is 28.3 Å². The van der Waals surface area contributed by atoms with Gasteiger partial charge < -0.3 is 10.1 Å². The molecule has 0 unspecified atom stereocenters. The predicted molar refractivity (Wildman–Crippen MR) is 69.6 cm³/mol. The molecule has 0 heterocycles. The second-order valence-electron chi connectivity index (χ2n) is 3.72. The number of esters is 1. The number of hydrogen-bond donors (Lipinski definition) is 1. The standard InChI is InChI=1S/C11H11N3O7/c1-2-21-10(16)6-9(15)12-11-7(13(17)18)4-3-5-8(11)14(19)20/h3-5H,2,6H2,1H3,(H,12,15). The summed E-state index contributed by atoms with van der Waals surface area (Å²) < 4.78 is 4.54. The zero-order valence-electron chi connectivity index (χ0n) is 10.9. The van der Waals surface area contributed by atoms with E-state index in [0.717, 1.165) is 18.2 Å². The minimum atomic E-state index is -0.939. The molecule has 0 bridgehead atoms. The van der Waals surface area contributed by atoms with Crippen LogP contribution in [0.15, 0.2) is 18.2 Å². The summed E-state index contributed by atoms with van der Waals surface area (Å²) in [7, 11) is 0. The van der Waals surface area contributed by atoms with E-state index in [1.165, 1.54) is 0 Å². The normalized spacial score (nSPS) is 9.76. The molecule has 1 aromatic carbocycles. The molecule has 0 radical (unpaired) electrons. The molecule has 1 aromatic rings. The van der Waals surface area contributed by atoms with Crippen LogP contribution >= 0.6 is 0 Å². The van der Waals surface area contributed by atoms with Gasteiger partial charge in [0.1, 0.15) is 6.42 Å². The first-order chi connectivity index (χ1) is 9.86. The Morgan fingerprint density at radius 2 is 1.71 bits per heavy atom. The number of ether oxygens (including phenoxy) is 1. The minimum absolute atomic E-state index is 0.0672. The molecule has 0 saturated heterocycles. The molecule has 1 rings (SSSR count). The van der Waals surface area contributed by atoms with Crippen molar-refractivity contribution >= 4 is 28.9 Å². The van der Waals surface area contributed by atoms with Crippen LogP contribution in [0.4, 0.5) is 17.1 Å². The summed E-state index contributed by atoms with van der Waals surface area (Å²) in [5, 5.41) is 23.7. The number of amides is 1. The van der Waals surface area contributed by atoms with Gasteiger partial charge in [-0.15, -0.1) is 0 Å². The Hall–Kier alpha value is -3.04. The first-order valence-corrected chi connectivity index (χ1v) is 5.74. The summed E-state index contributed by atoms with van der Waals surface area (Å²) in [5.41, 5.74) is -1.84. The van der Waals surface area contributed by atoms with Crippen LogP contribution in [0.25, 0.3) is 0 Å². The van der Waals surface area contributed by atoms with E-state index in [1.807, 2.05) is 5.32 Å². The van der Waals surface area contributed by atoms with E-state index < -0.39 is 45.2 Å². The molecule has 10 nitrogen and oxygen atoms in total. The van der Waals surface area contributed by atoms with Crippen LogP contribution in [0.5, 0.6) is 0 Å². The number of nitro benzene ring substituents is 2. The van der Waals surface area contributed by atoms with Crippen LogP contribution in [0, 0.1) is 20.2 Å². The molecule has 0 aromatic heterocycles. The highest BCUT2D eigenvalue weighted by Crippen LogP contribution is 2.33. The average Bonchev–Trinajstić information content (AvgIpc) is 2.38. The maximum absolute atomic E-state index is 11.6. The third kappa shape index (κ3) is 4.23. The van der Waals surface area contributed by atoms with E-state index in [2.05, 4.69) is 4.74 Å². The second kappa shape index (κ2) is 6.93. The van der Waals surface area contributed by atoms with Gasteiger partial charge in [0, 0.05) is 12.1 Å². The molecule has 0 saturated carbocycles. The number of nitrogens with one attached hydrogen (secondary N) is 1. The summed E-state index contributed by atoms with van der Waals surface area (Å²) in [5.74, 6) is -1.78. The molecular weight excluding hydrogens is 286 g/mol. The number of carbonyl (C=O) groups is 2. The Kier molecular flexibility index (Phi) is 5.29. The Morgan fingerprint density at radius 3 is 2.14 bits per heavy atom. The number of nitro groups is 2. The summed E-state index contributed by atoms with van der Waals surface area (Å²) >= 11 is 0. The lowest BCUT2D eigenvalue weighted by Crippen LogP contribution is -2.19. The summed E-state index contributed by atoms with van der Waals surface area (Å²) in [4.78, 5) is 42.7. The number of carbonyl (C=O) groups excluding carboxylic acids is 2. The fraction of sp³-hybridized carbons (Fsp3) is 0.273. The Morgan fingerprint density at radius 1 is 1.19 bits per heavy atom. The zero-order valence-corrected chi connectivity index (χ0v) is 10.9. The highest BCUT2D eigenvalue weighted by molar-refractivity contribution is 6.04. The number of rotatable bonds is 6. The Bertz CT molecular complexity index is 567. The molecule has 0 spiro atoms. The van der Waals surface area contributed by atoms with Gasteiger partial charge in [0.25, 0.3) is 11.4 Å². The molecule has 10 heteroatoms. The van der Waals surface area contributed by atoms with Crippen LogP contribution in [0.1, 0.15) is 13.3 Å². The van der Waals surface area contributed by atoms with Gasteiger partial charge in [-0.3, -0.25) is 29.8 Å². The van der Waals surface area contributed by atoms with Gasteiger partial charge in [0.15, 0.2) is 5.69 Å². The molecule has 112 valence electrons. The lowest BCUT2D eigenvalue weighted by molar-refractivity contribution is -0.392. The second-order valence-corrected chi connectivity index (χ2v) is 3.72. The van der Waals surface area contributed by atoms with Crippen molar-refractivity contribution in [1.29, 1.82) is 0 Å². The van der Waals surface area contributed by atoms with Gasteiger partial charge in [0.05, 0.1) is 16.5 Å². The van der Waals surface area contributed by atoms with E-state index in [-0.39, 0.29) is 6.61 Å². The molecule has 0 aliphatic rings. The van der Waals surface area contributed by atoms with E-state index in [1.54, 1.807) is 6.92 Å². The van der Waals surface area contributed by atoms with Gasteiger partial charge in [0.2, 0.25) is 5.91 Å². The third-order valence-electron chi connectivity index (χ3n) is 2.29.